The molecule has 0 radical (unpaired) electrons. The molecular formula is C18H22F3IN4. The van der Waals surface area contributed by atoms with Gasteiger partial charge in [0.2, 0.25) is 0 Å². The van der Waals surface area contributed by atoms with Gasteiger partial charge < -0.3 is 10.6 Å². The van der Waals surface area contributed by atoms with Crippen molar-refractivity contribution in [3.05, 3.63) is 65.0 Å². The van der Waals surface area contributed by atoms with Gasteiger partial charge in [0.05, 0.1) is 5.56 Å². The van der Waals surface area contributed by atoms with Crippen molar-refractivity contribution in [2.24, 2.45) is 4.99 Å². The van der Waals surface area contributed by atoms with Crippen LogP contribution in [0.1, 0.15) is 22.3 Å². The molecule has 26 heavy (non-hydrogen) atoms. The summed E-state index contributed by atoms with van der Waals surface area (Å²) in [6.45, 7) is 3.10. The van der Waals surface area contributed by atoms with Gasteiger partial charge in [0.15, 0.2) is 5.96 Å². The average molecular weight is 478 g/mol. The number of aryl methyl sites for hydroxylation is 1. The molecule has 142 valence electrons. The van der Waals surface area contributed by atoms with Crippen LogP contribution in [-0.4, -0.2) is 24.5 Å². The Bertz CT molecular complexity index is 715. The maximum atomic E-state index is 12.5. The van der Waals surface area contributed by atoms with Crippen molar-refractivity contribution in [3.8, 4) is 0 Å². The van der Waals surface area contributed by atoms with Gasteiger partial charge in [-0.1, -0.05) is 12.1 Å². The van der Waals surface area contributed by atoms with Crippen molar-refractivity contribution >= 4 is 29.9 Å². The lowest BCUT2D eigenvalue weighted by Crippen LogP contribution is -2.37. The van der Waals surface area contributed by atoms with E-state index in [1.807, 2.05) is 19.2 Å². The first-order chi connectivity index (χ1) is 11.9. The summed E-state index contributed by atoms with van der Waals surface area (Å²) in [5.74, 6) is 0.603. The number of rotatable bonds is 5. The van der Waals surface area contributed by atoms with Crippen LogP contribution in [0.4, 0.5) is 13.2 Å². The molecule has 0 spiro atoms. The van der Waals surface area contributed by atoms with Gasteiger partial charge >= 0.3 is 6.18 Å². The van der Waals surface area contributed by atoms with E-state index < -0.39 is 11.7 Å². The summed E-state index contributed by atoms with van der Waals surface area (Å²) in [5.41, 5.74) is 2.45. The van der Waals surface area contributed by atoms with Crippen LogP contribution in [0.3, 0.4) is 0 Å². The minimum Gasteiger partial charge on any atom is -0.356 e. The Labute approximate surface area is 168 Å². The Morgan fingerprint density at radius 1 is 1.12 bits per heavy atom. The zero-order valence-electron chi connectivity index (χ0n) is 14.6. The minimum atomic E-state index is -4.31. The number of benzene rings is 1. The molecule has 0 aliphatic carbocycles. The lowest BCUT2D eigenvalue weighted by Gasteiger charge is -2.13. The van der Waals surface area contributed by atoms with E-state index in [1.165, 1.54) is 17.7 Å². The van der Waals surface area contributed by atoms with E-state index in [-0.39, 0.29) is 24.0 Å². The maximum absolute atomic E-state index is 12.5. The van der Waals surface area contributed by atoms with Gasteiger partial charge in [0, 0.05) is 32.5 Å². The van der Waals surface area contributed by atoms with Crippen LogP contribution in [0, 0.1) is 6.92 Å². The number of guanidine groups is 1. The van der Waals surface area contributed by atoms with Crippen LogP contribution in [-0.2, 0) is 19.1 Å². The molecule has 2 N–H and O–H groups in total. The first-order valence-electron chi connectivity index (χ1n) is 7.90. The molecule has 2 aromatic rings. The topological polar surface area (TPSA) is 49.3 Å². The summed E-state index contributed by atoms with van der Waals surface area (Å²) in [4.78, 5) is 8.18. The van der Waals surface area contributed by atoms with Crippen LogP contribution < -0.4 is 10.6 Å². The second-order valence-corrected chi connectivity index (χ2v) is 5.60. The van der Waals surface area contributed by atoms with Crippen molar-refractivity contribution in [1.29, 1.82) is 0 Å². The second-order valence-electron chi connectivity index (χ2n) is 5.60. The molecule has 0 amide bonds. The molecule has 1 aromatic heterocycles. The summed E-state index contributed by atoms with van der Waals surface area (Å²) in [7, 11) is 1.65. The number of halogens is 4. The van der Waals surface area contributed by atoms with E-state index in [2.05, 4.69) is 20.6 Å². The number of pyridine rings is 1. The zero-order chi connectivity index (χ0) is 18.3. The standard InChI is InChI=1S/C18H21F3N4.HI/c1-13-11-23-9-7-15(13)8-10-24-17(22-2)25-12-14-3-5-16(6-4-14)18(19,20)21;/h3-7,9,11H,8,10,12H2,1-2H3,(H2,22,24,25);1H. The molecular weight excluding hydrogens is 456 g/mol. The fraction of sp³-hybridized carbons (Fsp3) is 0.333. The summed E-state index contributed by atoms with van der Waals surface area (Å²) >= 11 is 0. The Morgan fingerprint density at radius 3 is 2.38 bits per heavy atom. The highest BCUT2D eigenvalue weighted by atomic mass is 127. The van der Waals surface area contributed by atoms with Gasteiger partial charge in [-0.25, -0.2) is 0 Å². The van der Waals surface area contributed by atoms with Crippen LogP contribution >= 0.6 is 24.0 Å². The summed E-state index contributed by atoms with van der Waals surface area (Å²) < 4.78 is 37.6. The largest absolute Gasteiger partial charge is 0.416 e. The monoisotopic (exact) mass is 478 g/mol. The fourth-order valence-electron chi connectivity index (χ4n) is 2.32. The molecule has 0 bridgehead atoms. The highest BCUT2D eigenvalue weighted by Crippen LogP contribution is 2.28. The number of aliphatic imine (C=N–C) groups is 1. The Morgan fingerprint density at radius 2 is 1.81 bits per heavy atom. The van der Waals surface area contributed by atoms with Crippen LogP contribution in [0.25, 0.3) is 0 Å². The lowest BCUT2D eigenvalue weighted by molar-refractivity contribution is -0.137. The van der Waals surface area contributed by atoms with E-state index in [9.17, 15) is 13.2 Å². The summed E-state index contributed by atoms with van der Waals surface area (Å²) in [6, 6.07) is 7.07. The molecule has 1 heterocycles. The molecule has 8 heteroatoms. The normalized spacial score (nSPS) is 11.7. The molecule has 0 fully saturated rings. The first kappa shape index (κ1) is 22.2. The number of hydrogen-bond acceptors (Lipinski definition) is 2. The molecule has 1 aromatic carbocycles. The highest BCUT2D eigenvalue weighted by Gasteiger charge is 2.29. The molecule has 0 atom stereocenters. The van der Waals surface area contributed by atoms with Crippen molar-refractivity contribution in [1.82, 2.24) is 15.6 Å². The second kappa shape index (κ2) is 10.3. The van der Waals surface area contributed by atoms with E-state index >= 15 is 0 Å². The van der Waals surface area contributed by atoms with Gasteiger partial charge in [-0.05, 0) is 48.2 Å². The molecule has 2 rings (SSSR count). The van der Waals surface area contributed by atoms with E-state index in [0.717, 1.165) is 29.7 Å². The molecule has 4 nitrogen and oxygen atoms in total. The van der Waals surface area contributed by atoms with Crippen LogP contribution in [0.15, 0.2) is 47.7 Å². The predicted molar refractivity (Wildman–Crippen MR) is 108 cm³/mol. The molecule has 0 saturated carbocycles. The van der Waals surface area contributed by atoms with Crippen molar-refractivity contribution in [2.45, 2.75) is 26.1 Å². The zero-order valence-corrected chi connectivity index (χ0v) is 16.9. The third kappa shape index (κ3) is 6.81. The molecule has 0 aliphatic heterocycles. The van der Waals surface area contributed by atoms with Crippen LogP contribution in [0.2, 0.25) is 0 Å². The smallest absolute Gasteiger partial charge is 0.356 e. The Balaban J connectivity index is 0.00000338. The number of aromatic nitrogens is 1. The Kier molecular flexibility index (Phi) is 8.83. The van der Waals surface area contributed by atoms with Crippen molar-refractivity contribution in [3.63, 3.8) is 0 Å². The van der Waals surface area contributed by atoms with Gasteiger partial charge in [0.1, 0.15) is 0 Å². The first-order valence-corrected chi connectivity index (χ1v) is 7.90. The van der Waals surface area contributed by atoms with E-state index in [4.69, 9.17) is 0 Å². The average Bonchev–Trinajstić information content (AvgIpc) is 2.59. The number of hydrogen-bond donors (Lipinski definition) is 2. The SMILES string of the molecule is CN=C(NCCc1ccncc1C)NCc1ccc(C(F)(F)F)cc1.I. The number of nitrogens with zero attached hydrogens (tertiary/aromatic N) is 2. The number of nitrogens with one attached hydrogen (secondary N) is 2. The maximum Gasteiger partial charge on any atom is 0.416 e. The van der Waals surface area contributed by atoms with E-state index in [1.54, 1.807) is 13.2 Å². The molecule has 0 unspecified atom stereocenters. The van der Waals surface area contributed by atoms with Crippen LogP contribution in [0.5, 0.6) is 0 Å². The van der Waals surface area contributed by atoms with Gasteiger partial charge in [-0.15, -0.1) is 24.0 Å². The third-order valence-electron chi connectivity index (χ3n) is 3.79. The van der Waals surface area contributed by atoms with Gasteiger partial charge in [-0.2, -0.15) is 13.2 Å². The predicted octanol–water partition coefficient (Wildman–Crippen LogP) is 3.93. The summed E-state index contributed by atoms with van der Waals surface area (Å²) in [5, 5.41) is 6.28. The quantitative estimate of drug-likeness (QED) is 0.389. The highest BCUT2D eigenvalue weighted by molar-refractivity contribution is 14.0. The Hall–Kier alpha value is -1.84. The lowest BCUT2D eigenvalue weighted by atomic mass is 10.1. The minimum absolute atomic E-state index is 0. The molecule has 0 saturated heterocycles. The van der Waals surface area contributed by atoms with Gasteiger partial charge in [-0.3, -0.25) is 9.98 Å². The van der Waals surface area contributed by atoms with Crippen molar-refractivity contribution in [2.75, 3.05) is 13.6 Å². The van der Waals surface area contributed by atoms with Crippen molar-refractivity contribution < 1.29 is 13.2 Å². The molecule has 0 aliphatic rings. The third-order valence-corrected chi connectivity index (χ3v) is 3.79. The number of alkyl halides is 3. The van der Waals surface area contributed by atoms with E-state index in [0.29, 0.717) is 19.0 Å². The summed E-state index contributed by atoms with van der Waals surface area (Å²) in [6.07, 6.45) is 0.108. The fourth-order valence-corrected chi connectivity index (χ4v) is 2.32. The van der Waals surface area contributed by atoms with Gasteiger partial charge in [0.25, 0.3) is 0 Å².